The quantitative estimate of drug-likeness (QED) is 0.696. The zero-order chi connectivity index (χ0) is 13.1. The summed E-state index contributed by atoms with van der Waals surface area (Å²) in [5, 5.41) is 2.79. The molecule has 2 fully saturated rings. The van der Waals surface area contributed by atoms with Crippen molar-refractivity contribution >= 4 is 11.8 Å². The molecule has 3 atom stereocenters. The summed E-state index contributed by atoms with van der Waals surface area (Å²) in [6.45, 7) is 3.88. The molecule has 18 heavy (non-hydrogen) atoms. The first-order valence-electron chi connectivity index (χ1n) is 6.89. The van der Waals surface area contributed by atoms with Crippen molar-refractivity contribution in [3.63, 3.8) is 0 Å². The van der Waals surface area contributed by atoms with E-state index in [2.05, 4.69) is 12.2 Å². The molecule has 1 aliphatic carbocycles. The molecule has 0 aromatic carbocycles. The van der Waals surface area contributed by atoms with Gasteiger partial charge in [-0.25, -0.2) is 0 Å². The van der Waals surface area contributed by atoms with Crippen molar-refractivity contribution in [1.82, 2.24) is 10.2 Å². The summed E-state index contributed by atoms with van der Waals surface area (Å²) >= 11 is 0. The van der Waals surface area contributed by atoms with Crippen molar-refractivity contribution in [2.45, 2.75) is 38.6 Å². The Labute approximate surface area is 108 Å². The lowest BCUT2D eigenvalue weighted by molar-refractivity contribution is -0.137. The number of nitrogens with two attached hydrogens (primary N) is 1. The smallest absolute Gasteiger partial charge is 0.227 e. The third-order valence-corrected chi connectivity index (χ3v) is 4.11. The predicted octanol–water partition coefficient (Wildman–Crippen LogP) is 0.0984. The van der Waals surface area contributed by atoms with Crippen molar-refractivity contribution in [3.8, 4) is 0 Å². The molecule has 5 nitrogen and oxygen atoms in total. The number of carbonyl (C=O) groups is 2. The van der Waals surface area contributed by atoms with Gasteiger partial charge in [-0.15, -0.1) is 0 Å². The van der Waals surface area contributed by atoms with Gasteiger partial charge in [0.2, 0.25) is 11.8 Å². The van der Waals surface area contributed by atoms with E-state index in [1.807, 2.05) is 0 Å². The molecule has 102 valence electrons. The van der Waals surface area contributed by atoms with Crippen LogP contribution < -0.4 is 11.1 Å². The molecule has 3 unspecified atom stereocenters. The lowest BCUT2D eigenvalue weighted by Crippen LogP contribution is -2.47. The number of hydrogen-bond acceptors (Lipinski definition) is 3. The van der Waals surface area contributed by atoms with Crippen LogP contribution in [0.4, 0.5) is 0 Å². The third-order valence-electron chi connectivity index (χ3n) is 4.11. The van der Waals surface area contributed by atoms with Crippen LogP contribution >= 0.6 is 0 Å². The van der Waals surface area contributed by atoms with E-state index in [0.717, 1.165) is 19.3 Å². The maximum Gasteiger partial charge on any atom is 0.227 e. The minimum absolute atomic E-state index is 0.0133. The minimum Gasteiger partial charge on any atom is -0.354 e. The molecule has 0 spiro atoms. The highest BCUT2D eigenvalue weighted by molar-refractivity contribution is 5.82. The average Bonchev–Trinajstić information content (AvgIpc) is 2.56. The van der Waals surface area contributed by atoms with Crippen LogP contribution in [0.3, 0.4) is 0 Å². The Morgan fingerprint density at radius 1 is 1.39 bits per heavy atom. The number of rotatable bonds is 1. The molecule has 0 aromatic heterocycles. The number of carbonyl (C=O) groups excluding carboxylic acids is 2. The molecule has 2 aliphatic rings. The largest absolute Gasteiger partial charge is 0.354 e. The van der Waals surface area contributed by atoms with E-state index in [1.54, 1.807) is 4.90 Å². The first kappa shape index (κ1) is 13.3. The maximum atomic E-state index is 12.5. The van der Waals surface area contributed by atoms with E-state index >= 15 is 0 Å². The van der Waals surface area contributed by atoms with Gasteiger partial charge in [0.25, 0.3) is 0 Å². The van der Waals surface area contributed by atoms with Crippen molar-refractivity contribution in [2.75, 3.05) is 19.6 Å². The van der Waals surface area contributed by atoms with E-state index in [-0.39, 0.29) is 23.8 Å². The summed E-state index contributed by atoms with van der Waals surface area (Å²) in [5.41, 5.74) is 6.09. The number of amides is 2. The zero-order valence-electron chi connectivity index (χ0n) is 11.0. The average molecular weight is 253 g/mol. The number of nitrogens with one attached hydrogen (secondary N) is 1. The fraction of sp³-hybridized carbons (Fsp3) is 0.846. The van der Waals surface area contributed by atoms with Crippen LogP contribution in [-0.2, 0) is 9.59 Å². The van der Waals surface area contributed by atoms with Crippen molar-refractivity contribution in [2.24, 2.45) is 17.6 Å². The molecule has 0 radical (unpaired) electrons. The van der Waals surface area contributed by atoms with Crippen LogP contribution in [0.5, 0.6) is 0 Å². The highest BCUT2D eigenvalue weighted by atomic mass is 16.2. The summed E-state index contributed by atoms with van der Waals surface area (Å²) in [4.78, 5) is 25.6. The summed E-state index contributed by atoms with van der Waals surface area (Å²) in [5.74, 6) is 0.699. The second-order valence-electron chi connectivity index (χ2n) is 5.61. The monoisotopic (exact) mass is 253 g/mol. The Bertz CT molecular complexity index is 332. The van der Waals surface area contributed by atoms with Gasteiger partial charge in [-0.3, -0.25) is 9.59 Å². The van der Waals surface area contributed by atoms with Gasteiger partial charge in [0.1, 0.15) is 0 Å². The topological polar surface area (TPSA) is 75.4 Å². The first-order chi connectivity index (χ1) is 8.58. The SMILES string of the molecule is CC1CCC(N)C(C(=O)N2CCNC(=O)CC2)C1. The Morgan fingerprint density at radius 3 is 2.94 bits per heavy atom. The van der Waals surface area contributed by atoms with Gasteiger partial charge in [-0.2, -0.15) is 0 Å². The molecule has 0 bridgehead atoms. The van der Waals surface area contributed by atoms with Crippen molar-refractivity contribution < 1.29 is 9.59 Å². The lowest BCUT2D eigenvalue weighted by Gasteiger charge is -2.34. The van der Waals surface area contributed by atoms with Gasteiger partial charge < -0.3 is 16.0 Å². The van der Waals surface area contributed by atoms with E-state index in [1.165, 1.54) is 0 Å². The van der Waals surface area contributed by atoms with Gasteiger partial charge in [0, 0.05) is 32.1 Å². The fourth-order valence-corrected chi connectivity index (χ4v) is 2.91. The first-order valence-corrected chi connectivity index (χ1v) is 6.89. The molecule has 1 aliphatic heterocycles. The second kappa shape index (κ2) is 5.69. The van der Waals surface area contributed by atoms with Crippen LogP contribution in [0.1, 0.15) is 32.6 Å². The van der Waals surface area contributed by atoms with E-state index in [9.17, 15) is 9.59 Å². The highest BCUT2D eigenvalue weighted by Crippen LogP contribution is 2.29. The predicted molar refractivity (Wildman–Crippen MR) is 68.7 cm³/mol. The van der Waals surface area contributed by atoms with Crippen LogP contribution in [0.25, 0.3) is 0 Å². The van der Waals surface area contributed by atoms with E-state index in [0.29, 0.717) is 32.0 Å². The van der Waals surface area contributed by atoms with Crippen LogP contribution in [0.15, 0.2) is 0 Å². The number of nitrogens with zero attached hydrogens (tertiary/aromatic N) is 1. The number of hydrogen-bond donors (Lipinski definition) is 2. The van der Waals surface area contributed by atoms with Crippen LogP contribution in [0, 0.1) is 11.8 Å². The molecule has 1 saturated carbocycles. The van der Waals surface area contributed by atoms with Crippen LogP contribution in [-0.4, -0.2) is 42.4 Å². The van der Waals surface area contributed by atoms with Crippen LogP contribution in [0.2, 0.25) is 0 Å². The lowest BCUT2D eigenvalue weighted by atomic mass is 9.78. The van der Waals surface area contributed by atoms with Gasteiger partial charge >= 0.3 is 0 Å². The van der Waals surface area contributed by atoms with E-state index < -0.39 is 0 Å². The standard InChI is InChI=1S/C13H23N3O2/c1-9-2-3-11(14)10(8-9)13(18)16-6-4-12(17)15-5-7-16/h9-11H,2-8,14H2,1H3,(H,15,17). The van der Waals surface area contributed by atoms with Crippen molar-refractivity contribution in [1.29, 1.82) is 0 Å². The molecule has 1 heterocycles. The highest BCUT2D eigenvalue weighted by Gasteiger charge is 2.34. The molecular weight excluding hydrogens is 230 g/mol. The summed E-state index contributed by atoms with van der Waals surface area (Å²) in [6.07, 6.45) is 3.34. The maximum absolute atomic E-state index is 12.5. The molecule has 1 saturated heterocycles. The van der Waals surface area contributed by atoms with Gasteiger partial charge in [0.15, 0.2) is 0 Å². The molecule has 5 heteroatoms. The zero-order valence-corrected chi connectivity index (χ0v) is 11.0. The summed E-state index contributed by atoms with van der Waals surface area (Å²) < 4.78 is 0. The Kier molecular flexibility index (Phi) is 4.22. The fourth-order valence-electron chi connectivity index (χ4n) is 2.91. The molecule has 2 amide bonds. The Balaban J connectivity index is 1.98. The Morgan fingerprint density at radius 2 is 2.17 bits per heavy atom. The van der Waals surface area contributed by atoms with E-state index in [4.69, 9.17) is 5.73 Å². The molecular formula is C13H23N3O2. The normalized spacial score (nSPS) is 33.8. The van der Waals surface area contributed by atoms with Gasteiger partial charge in [-0.05, 0) is 25.2 Å². The second-order valence-corrected chi connectivity index (χ2v) is 5.61. The van der Waals surface area contributed by atoms with Gasteiger partial charge in [-0.1, -0.05) is 6.92 Å². The molecule has 3 N–H and O–H groups in total. The summed E-state index contributed by atoms with van der Waals surface area (Å²) in [7, 11) is 0. The third kappa shape index (κ3) is 3.02. The van der Waals surface area contributed by atoms with Crippen molar-refractivity contribution in [3.05, 3.63) is 0 Å². The molecule has 0 aromatic rings. The van der Waals surface area contributed by atoms with Gasteiger partial charge in [0.05, 0.1) is 5.92 Å². The molecule has 2 rings (SSSR count). The Hall–Kier alpha value is -1.10. The summed E-state index contributed by atoms with van der Waals surface area (Å²) in [6, 6.07) is -0.0133. The minimum atomic E-state index is -0.0537.